The zero-order valence-corrected chi connectivity index (χ0v) is 20.8. The van der Waals surface area contributed by atoms with Crippen molar-refractivity contribution >= 4 is 71.1 Å². The fourth-order valence-electron chi connectivity index (χ4n) is 3.03. The smallest absolute Gasteiger partial charge is 0.262 e. The van der Waals surface area contributed by atoms with Crippen molar-refractivity contribution in [1.29, 1.82) is 0 Å². The first-order chi connectivity index (χ1) is 15.1. The summed E-state index contributed by atoms with van der Waals surface area (Å²) >= 11 is 7.78. The Balaban J connectivity index is 1.67. The van der Waals surface area contributed by atoms with Crippen LogP contribution in [0.5, 0.6) is 0 Å². The normalized spacial score (nSPS) is 14.9. The molecule has 0 aliphatic carbocycles. The summed E-state index contributed by atoms with van der Waals surface area (Å²) in [6.45, 7) is 0. The van der Waals surface area contributed by atoms with Crippen molar-refractivity contribution in [3.8, 4) is 0 Å². The first kappa shape index (κ1) is 23.2. The van der Waals surface area contributed by atoms with Crippen LogP contribution in [0.25, 0.3) is 6.08 Å². The van der Waals surface area contributed by atoms with Gasteiger partial charge in [-0.15, -0.1) is 0 Å². The minimum absolute atomic E-state index is 0.0510. The van der Waals surface area contributed by atoms with E-state index in [2.05, 4.69) is 37.2 Å². The van der Waals surface area contributed by atoms with E-state index in [1.165, 1.54) is 30.3 Å². The SMILES string of the molecule is O=C1Nc2ccc(S(=O)(=O)Cc3c(Br)cccc3Br)cc2SC1=Cc1ccc(F)cc1F. The minimum Gasteiger partial charge on any atom is -0.320 e. The van der Waals surface area contributed by atoms with Crippen LogP contribution < -0.4 is 5.32 Å². The lowest BCUT2D eigenvalue weighted by atomic mass is 10.2. The van der Waals surface area contributed by atoms with Gasteiger partial charge in [-0.1, -0.05) is 49.7 Å². The van der Waals surface area contributed by atoms with Gasteiger partial charge in [-0.3, -0.25) is 4.79 Å². The van der Waals surface area contributed by atoms with E-state index in [0.29, 0.717) is 25.1 Å². The molecule has 3 aromatic rings. The molecule has 1 amide bonds. The highest BCUT2D eigenvalue weighted by Crippen LogP contribution is 2.41. The van der Waals surface area contributed by atoms with Crippen LogP contribution in [-0.2, 0) is 20.4 Å². The van der Waals surface area contributed by atoms with E-state index >= 15 is 0 Å². The van der Waals surface area contributed by atoms with Crippen molar-refractivity contribution < 1.29 is 22.0 Å². The molecule has 1 aliphatic heterocycles. The number of carbonyl (C=O) groups excluding carboxylic acids is 1. The molecule has 0 atom stereocenters. The number of sulfone groups is 1. The predicted molar refractivity (Wildman–Crippen MR) is 128 cm³/mol. The number of rotatable bonds is 4. The Bertz CT molecular complexity index is 1370. The van der Waals surface area contributed by atoms with E-state index in [0.717, 1.165) is 23.9 Å². The minimum atomic E-state index is -3.70. The summed E-state index contributed by atoms with van der Waals surface area (Å²) in [4.78, 5) is 13.2. The molecule has 10 heteroatoms. The van der Waals surface area contributed by atoms with Crippen molar-refractivity contribution in [1.82, 2.24) is 0 Å². The molecule has 0 fully saturated rings. The number of hydrogen-bond acceptors (Lipinski definition) is 4. The number of fused-ring (bicyclic) bond motifs is 1. The topological polar surface area (TPSA) is 63.2 Å². The van der Waals surface area contributed by atoms with Gasteiger partial charge in [0.15, 0.2) is 9.84 Å². The third-order valence-electron chi connectivity index (χ3n) is 4.65. The van der Waals surface area contributed by atoms with E-state index in [1.807, 2.05) is 0 Å². The lowest BCUT2D eigenvalue weighted by Crippen LogP contribution is -2.18. The number of anilines is 1. The van der Waals surface area contributed by atoms with Crippen LogP contribution >= 0.6 is 43.6 Å². The molecule has 0 spiro atoms. The average molecular weight is 601 g/mol. The molecule has 1 N–H and O–H groups in total. The number of thioether (sulfide) groups is 1. The molecule has 0 saturated heterocycles. The number of hydrogen-bond donors (Lipinski definition) is 1. The number of benzene rings is 3. The molecule has 32 heavy (non-hydrogen) atoms. The first-order valence-electron chi connectivity index (χ1n) is 9.10. The highest BCUT2D eigenvalue weighted by Gasteiger charge is 2.25. The second-order valence-electron chi connectivity index (χ2n) is 6.85. The van der Waals surface area contributed by atoms with Crippen LogP contribution in [0.2, 0.25) is 0 Å². The molecule has 164 valence electrons. The molecule has 0 unspecified atom stereocenters. The van der Waals surface area contributed by atoms with Crippen LogP contribution in [0.3, 0.4) is 0 Å². The summed E-state index contributed by atoms with van der Waals surface area (Å²) in [5.41, 5.74) is 1.10. The Labute approximate surface area is 204 Å². The molecule has 4 nitrogen and oxygen atoms in total. The average Bonchev–Trinajstić information content (AvgIpc) is 2.73. The number of amides is 1. The van der Waals surface area contributed by atoms with E-state index in [-0.39, 0.29) is 21.1 Å². The van der Waals surface area contributed by atoms with E-state index in [1.54, 1.807) is 18.2 Å². The van der Waals surface area contributed by atoms with Crippen LogP contribution in [0.15, 0.2) is 78.2 Å². The Hall–Kier alpha value is -2.01. The number of carbonyl (C=O) groups is 1. The molecule has 0 aromatic heterocycles. The second-order valence-corrected chi connectivity index (χ2v) is 11.6. The second kappa shape index (κ2) is 9.09. The molecule has 1 heterocycles. The summed E-state index contributed by atoms with van der Waals surface area (Å²) in [6, 6.07) is 12.8. The Kier molecular flexibility index (Phi) is 6.58. The summed E-state index contributed by atoms with van der Waals surface area (Å²) < 4.78 is 54.6. The van der Waals surface area contributed by atoms with Gasteiger partial charge in [0.2, 0.25) is 0 Å². The van der Waals surface area contributed by atoms with Crippen molar-refractivity contribution in [3.63, 3.8) is 0 Å². The standard InChI is InChI=1S/C22H13Br2F2NO3S2/c23-16-2-1-3-17(24)15(16)11-32(29,30)14-6-7-19-20(10-14)31-21(22(28)27-19)8-12-4-5-13(25)9-18(12)26/h1-10H,11H2,(H,27,28). The Morgan fingerprint density at radius 2 is 1.72 bits per heavy atom. The van der Waals surface area contributed by atoms with Crippen molar-refractivity contribution in [2.24, 2.45) is 0 Å². The van der Waals surface area contributed by atoms with Gasteiger partial charge >= 0.3 is 0 Å². The zero-order valence-electron chi connectivity index (χ0n) is 16.0. The molecule has 1 aliphatic rings. The van der Waals surface area contributed by atoms with Gasteiger partial charge in [0, 0.05) is 25.5 Å². The third kappa shape index (κ3) is 4.83. The predicted octanol–water partition coefficient (Wildman–Crippen LogP) is 6.55. The molecule has 0 radical (unpaired) electrons. The van der Waals surface area contributed by atoms with Crippen molar-refractivity contribution in [2.75, 3.05) is 5.32 Å². The molecular weight excluding hydrogens is 588 g/mol. The third-order valence-corrected chi connectivity index (χ3v) is 8.86. The maximum atomic E-state index is 14.0. The van der Waals surface area contributed by atoms with Crippen LogP contribution in [0.1, 0.15) is 11.1 Å². The van der Waals surface area contributed by atoms with Gasteiger partial charge in [0.25, 0.3) is 5.91 Å². The Morgan fingerprint density at radius 1 is 1.00 bits per heavy atom. The van der Waals surface area contributed by atoms with E-state index in [9.17, 15) is 22.0 Å². The lowest BCUT2D eigenvalue weighted by molar-refractivity contribution is -0.112. The lowest BCUT2D eigenvalue weighted by Gasteiger charge is -2.19. The van der Waals surface area contributed by atoms with Gasteiger partial charge in [-0.2, -0.15) is 0 Å². The zero-order chi connectivity index (χ0) is 23.0. The van der Waals surface area contributed by atoms with E-state index < -0.39 is 27.4 Å². The monoisotopic (exact) mass is 599 g/mol. The first-order valence-corrected chi connectivity index (χ1v) is 13.2. The van der Waals surface area contributed by atoms with Gasteiger partial charge in [-0.05, 0) is 54.1 Å². The number of halogens is 4. The summed E-state index contributed by atoms with van der Waals surface area (Å²) in [5.74, 6) is -2.21. The van der Waals surface area contributed by atoms with Gasteiger partial charge in [-0.25, -0.2) is 17.2 Å². The molecule has 4 rings (SSSR count). The van der Waals surface area contributed by atoms with Gasteiger partial charge < -0.3 is 5.32 Å². The van der Waals surface area contributed by atoms with Crippen LogP contribution in [0.4, 0.5) is 14.5 Å². The number of nitrogens with one attached hydrogen (secondary N) is 1. The van der Waals surface area contributed by atoms with Crippen LogP contribution in [-0.4, -0.2) is 14.3 Å². The Morgan fingerprint density at radius 3 is 2.41 bits per heavy atom. The van der Waals surface area contributed by atoms with E-state index in [4.69, 9.17) is 0 Å². The van der Waals surface area contributed by atoms with Crippen LogP contribution in [0, 0.1) is 11.6 Å². The maximum absolute atomic E-state index is 14.0. The van der Waals surface area contributed by atoms with Crippen molar-refractivity contribution in [3.05, 3.63) is 91.2 Å². The summed E-state index contributed by atoms with van der Waals surface area (Å²) in [6.07, 6.45) is 1.30. The largest absolute Gasteiger partial charge is 0.320 e. The summed E-state index contributed by atoms with van der Waals surface area (Å²) in [5, 5.41) is 2.67. The fraction of sp³-hybridized carbons (Fsp3) is 0.0455. The molecular formula is C22H13Br2F2NO3S2. The van der Waals surface area contributed by atoms with Crippen molar-refractivity contribution in [2.45, 2.75) is 15.5 Å². The fourth-order valence-corrected chi connectivity index (χ4v) is 7.17. The highest BCUT2D eigenvalue weighted by molar-refractivity contribution is 9.11. The molecule has 0 bridgehead atoms. The molecule has 3 aromatic carbocycles. The van der Waals surface area contributed by atoms with Gasteiger partial charge in [0.05, 0.1) is 21.2 Å². The molecule has 0 saturated carbocycles. The quantitative estimate of drug-likeness (QED) is 0.345. The highest BCUT2D eigenvalue weighted by atomic mass is 79.9. The summed E-state index contributed by atoms with van der Waals surface area (Å²) in [7, 11) is -3.70. The maximum Gasteiger partial charge on any atom is 0.262 e. The van der Waals surface area contributed by atoms with Gasteiger partial charge in [0.1, 0.15) is 11.6 Å².